The topological polar surface area (TPSA) is 113 Å². The zero-order chi connectivity index (χ0) is 15.3. The Morgan fingerprint density at radius 2 is 2.00 bits per heavy atom. The molecule has 0 saturated carbocycles. The summed E-state index contributed by atoms with van der Waals surface area (Å²) in [5.74, 6) is -0.763. The predicted molar refractivity (Wildman–Crippen MR) is 74.2 cm³/mol. The van der Waals surface area contributed by atoms with E-state index in [2.05, 4.69) is 10.6 Å². The first kappa shape index (κ1) is 16.7. The molecule has 0 radical (unpaired) electrons. The third kappa shape index (κ3) is 5.77. The molecule has 1 aliphatic rings. The van der Waals surface area contributed by atoms with E-state index in [1.807, 2.05) is 13.8 Å². The Bertz CT molecular complexity index is 460. The van der Waals surface area contributed by atoms with E-state index in [1.54, 1.807) is 0 Å². The van der Waals surface area contributed by atoms with Crippen molar-refractivity contribution in [2.24, 2.45) is 11.8 Å². The summed E-state index contributed by atoms with van der Waals surface area (Å²) in [5.41, 5.74) is 0. The zero-order valence-corrected chi connectivity index (χ0v) is 12.6. The van der Waals surface area contributed by atoms with Crippen LogP contribution in [0.1, 0.15) is 26.7 Å². The summed E-state index contributed by atoms with van der Waals surface area (Å²) in [6.07, 6.45) is 0.886. The molecule has 2 amide bonds. The molecule has 0 aromatic rings. The Morgan fingerprint density at radius 1 is 1.35 bits per heavy atom. The molecule has 1 rings (SSSR count). The molecule has 1 aliphatic heterocycles. The normalized spacial score (nSPS) is 22.4. The van der Waals surface area contributed by atoms with Crippen LogP contribution in [0.2, 0.25) is 0 Å². The van der Waals surface area contributed by atoms with Gasteiger partial charge in [0.15, 0.2) is 9.84 Å². The lowest BCUT2D eigenvalue weighted by Crippen LogP contribution is -2.47. The van der Waals surface area contributed by atoms with Gasteiger partial charge in [-0.25, -0.2) is 18.0 Å². The second-order valence-electron chi connectivity index (χ2n) is 5.64. The first-order valence-corrected chi connectivity index (χ1v) is 8.49. The summed E-state index contributed by atoms with van der Waals surface area (Å²) in [6, 6.07) is -1.50. The van der Waals surface area contributed by atoms with Gasteiger partial charge in [0.25, 0.3) is 0 Å². The minimum Gasteiger partial charge on any atom is -0.480 e. The molecule has 1 fully saturated rings. The molecule has 0 bridgehead atoms. The summed E-state index contributed by atoms with van der Waals surface area (Å²) >= 11 is 0. The van der Waals surface area contributed by atoms with Gasteiger partial charge in [0, 0.05) is 6.54 Å². The van der Waals surface area contributed by atoms with E-state index in [0.29, 0.717) is 12.8 Å². The van der Waals surface area contributed by atoms with Crippen molar-refractivity contribution in [2.45, 2.75) is 32.7 Å². The molecule has 1 heterocycles. The monoisotopic (exact) mass is 306 g/mol. The molecule has 7 nitrogen and oxygen atoms in total. The van der Waals surface area contributed by atoms with Gasteiger partial charge in [-0.15, -0.1) is 0 Å². The summed E-state index contributed by atoms with van der Waals surface area (Å²) in [6.45, 7) is 4.00. The Kier molecular flexibility index (Phi) is 5.79. The number of carboxylic acid groups (broad SMARTS) is 1. The van der Waals surface area contributed by atoms with Gasteiger partial charge >= 0.3 is 12.0 Å². The largest absolute Gasteiger partial charge is 0.480 e. The summed E-state index contributed by atoms with van der Waals surface area (Å²) in [7, 11) is -2.96. The molecule has 3 N–H and O–H groups in total. The van der Waals surface area contributed by atoms with E-state index in [4.69, 9.17) is 5.11 Å². The molecule has 8 heteroatoms. The first-order valence-electron chi connectivity index (χ1n) is 6.67. The second kappa shape index (κ2) is 6.92. The number of urea groups is 1. The maximum absolute atomic E-state index is 11.6. The van der Waals surface area contributed by atoms with Crippen LogP contribution in [0.15, 0.2) is 0 Å². The van der Waals surface area contributed by atoms with Crippen LogP contribution >= 0.6 is 0 Å². The third-order valence-corrected chi connectivity index (χ3v) is 5.03. The summed E-state index contributed by atoms with van der Waals surface area (Å²) in [5, 5.41) is 13.9. The summed E-state index contributed by atoms with van der Waals surface area (Å²) in [4.78, 5) is 22.6. The quantitative estimate of drug-likeness (QED) is 0.650. The van der Waals surface area contributed by atoms with E-state index in [-0.39, 0.29) is 29.9 Å². The lowest BCUT2D eigenvalue weighted by Gasteiger charge is -2.17. The van der Waals surface area contributed by atoms with Gasteiger partial charge < -0.3 is 15.7 Å². The average Bonchev–Trinajstić information content (AvgIpc) is 2.65. The number of nitrogens with one attached hydrogen (secondary N) is 2. The minimum absolute atomic E-state index is 0.0841. The molecule has 0 spiro atoms. The van der Waals surface area contributed by atoms with Crippen LogP contribution in [0.25, 0.3) is 0 Å². The van der Waals surface area contributed by atoms with Crippen molar-refractivity contribution in [3.63, 3.8) is 0 Å². The molecule has 1 unspecified atom stereocenters. The zero-order valence-electron chi connectivity index (χ0n) is 11.8. The van der Waals surface area contributed by atoms with Crippen LogP contribution in [0.4, 0.5) is 4.79 Å². The number of rotatable bonds is 6. The molecule has 20 heavy (non-hydrogen) atoms. The number of hydrogen-bond acceptors (Lipinski definition) is 4. The van der Waals surface area contributed by atoms with E-state index in [1.165, 1.54) is 0 Å². The number of amides is 2. The van der Waals surface area contributed by atoms with Crippen molar-refractivity contribution < 1.29 is 23.1 Å². The predicted octanol–water partition coefficient (Wildman–Crippen LogP) is 0.220. The van der Waals surface area contributed by atoms with Crippen molar-refractivity contribution in [3.05, 3.63) is 0 Å². The lowest BCUT2D eigenvalue weighted by atomic mass is 10.0. The molecule has 0 aromatic heterocycles. The van der Waals surface area contributed by atoms with Crippen molar-refractivity contribution in [1.82, 2.24) is 10.6 Å². The standard InChI is InChI=1S/C12H22N2O5S/c1-8(2)5-10(11(15)16)14-12(17)13-6-9-3-4-20(18,19)7-9/h8-10H,3-7H2,1-2H3,(H,15,16)(H2,13,14,17)/t9?,10-/m1/s1. The third-order valence-electron chi connectivity index (χ3n) is 3.19. The van der Waals surface area contributed by atoms with Gasteiger partial charge in [-0.1, -0.05) is 13.8 Å². The molecule has 0 aromatic carbocycles. The molecule has 1 saturated heterocycles. The fourth-order valence-corrected chi connectivity index (χ4v) is 4.03. The SMILES string of the molecule is CC(C)C[C@@H](NC(=O)NCC1CCS(=O)(=O)C1)C(=O)O. The number of hydrogen-bond donors (Lipinski definition) is 3. The molecule has 116 valence electrons. The van der Waals surface area contributed by atoms with E-state index in [0.717, 1.165) is 0 Å². The van der Waals surface area contributed by atoms with Gasteiger partial charge in [0.05, 0.1) is 11.5 Å². The van der Waals surface area contributed by atoms with Crippen LogP contribution in [-0.2, 0) is 14.6 Å². The molecular formula is C12H22N2O5S. The highest BCUT2D eigenvalue weighted by Gasteiger charge is 2.28. The molecule has 0 aliphatic carbocycles. The van der Waals surface area contributed by atoms with Gasteiger partial charge in [-0.05, 0) is 24.7 Å². The molecular weight excluding hydrogens is 284 g/mol. The van der Waals surface area contributed by atoms with Crippen molar-refractivity contribution in [1.29, 1.82) is 0 Å². The van der Waals surface area contributed by atoms with Crippen molar-refractivity contribution in [2.75, 3.05) is 18.1 Å². The number of carbonyl (C=O) groups is 2. The van der Waals surface area contributed by atoms with Crippen LogP contribution in [-0.4, -0.2) is 49.6 Å². The second-order valence-corrected chi connectivity index (χ2v) is 7.87. The van der Waals surface area contributed by atoms with Crippen LogP contribution in [0.3, 0.4) is 0 Å². The van der Waals surface area contributed by atoms with Gasteiger partial charge in [-0.3, -0.25) is 0 Å². The minimum atomic E-state index is -2.96. The van der Waals surface area contributed by atoms with Crippen LogP contribution in [0.5, 0.6) is 0 Å². The van der Waals surface area contributed by atoms with E-state index < -0.39 is 27.9 Å². The summed E-state index contributed by atoms with van der Waals surface area (Å²) < 4.78 is 22.5. The van der Waals surface area contributed by atoms with Gasteiger partial charge in [0.2, 0.25) is 0 Å². The van der Waals surface area contributed by atoms with E-state index >= 15 is 0 Å². The highest BCUT2D eigenvalue weighted by molar-refractivity contribution is 7.91. The van der Waals surface area contributed by atoms with Crippen LogP contribution < -0.4 is 10.6 Å². The first-order chi connectivity index (χ1) is 9.19. The van der Waals surface area contributed by atoms with Gasteiger partial charge in [-0.2, -0.15) is 0 Å². The smallest absolute Gasteiger partial charge is 0.326 e. The van der Waals surface area contributed by atoms with Crippen LogP contribution in [0, 0.1) is 11.8 Å². The Hall–Kier alpha value is -1.31. The van der Waals surface area contributed by atoms with Crippen molar-refractivity contribution in [3.8, 4) is 0 Å². The Balaban J connectivity index is 2.37. The Morgan fingerprint density at radius 3 is 2.45 bits per heavy atom. The number of carbonyl (C=O) groups excluding carboxylic acids is 1. The fraction of sp³-hybridized carbons (Fsp3) is 0.833. The number of sulfone groups is 1. The number of carboxylic acids is 1. The van der Waals surface area contributed by atoms with Crippen molar-refractivity contribution >= 4 is 21.8 Å². The maximum atomic E-state index is 11.6. The average molecular weight is 306 g/mol. The number of aliphatic carboxylic acids is 1. The maximum Gasteiger partial charge on any atom is 0.326 e. The fourth-order valence-electron chi connectivity index (χ4n) is 2.17. The van der Waals surface area contributed by atoms with Gasteiger partial charge in [0.1, 0.15) is 6.04 Å². The molecule has 2 atom stereocenters. The highest BCUT2D eigenvalue weighted by atomic mass is 32.2. The Labute approximate surface area is 119 Å². The lowest BCUT2D eigenvalue weighted by molar-refractivity contribution is -0.139. The highest BCUT2D eigenvalue weighted by Crippen LogP contribution is 2.17. The van der Waals surface area contributed by atoms with E-state index in [9.17, 15) is 18.0 Å².